The fourth-order valence-corrected chi connectivity index (χ4v) is 7.45. The van der Waals surface area contributed by atoms with Gasteiger partial charge in [-0.05, 0) is 70.4 Å². The van der Waals surface area contributed by atoms with E-state index < -0.39 is 11.5 Å². The standard InChI is InChI=1S/C33H35BN10O4.C5H11N/c1-4-25-30-22(14-36-44(30)20-15-43(16-20)33(34,48)26-10-5-7-19(17-45)37-26)21-8-6-9-23(29(21)42(25)3)38-24-13-27(39-31(46)18-11-12-18)40-41-28(24)32(47)35-2;1-6-4-2-3-5-6/h5-10,13-14,17-18,20,25,48H,4,11-12,15-16H2,1-3H3,(H,35,47)(H2,38,39,40,46);2-5H2,1H3. The van der Waals surface area contributed by atoms with E-state index in [0.29, 0.717) is 25.1 Å². The maximum atomic E-state index is 12.8. The van der Waals surface area contributed by atoms with Crippen LogP contribution in [0, 0.1) is 5.92 Å². The van der Waals surface area contributed by atoms with E-state index >= 15 is 0 Å². The Morgan fingerprint density at radius 1 is 1.04 bits per heavy atom. The molecule has 1 aliphatic carbocycles. The minimum absolute atomic E-state index is 0.0142. The van der Waals surface area contributed by atoms with Crippen molar-refractivity contribution < 1.29 is 19.5 Å². The van der Waals surface area contributed by atoms with Crippen LogP contribution in [0.4, 0.5) is 22.9 Å². The smallest absolute Gasteiger partial charge is 0.273 e. The summed E-state index contributed by atoms with van der Waals surface area (Å²) in [5.74, 6) is -0.269. The lowest BCUT2D eigenvalue weighted by atomic mass is 9.82. The summed E-state index contributed by atoms with van der Waals surface area (Å²) < 4.78 is 2.02. The van der Waals surface area contributed by atoms with E-state index in [9.17, 15) is 19.5 Å². The lowest BCUT2D eigenvalue weighted by Gasteiger charge is -2.49. The zero-order valence-corrected chi connectivity index (χ0v) is 31.1. The number of hydrogen-bond acceptors (Lipinski definition) is 12. The highest BCUT2D eigenvalue weighted by Gasteiger charge is 2.44. The number of aromatic nitrogens is 5. The Morgan fingerprint density at radius 2 is 1.78 bits per heavy atom. The number of hydrogen-bond donors (Lipinski definition) is 4. The summed E-state index contributed by atoms with van der Waals surface area (Å²) in [4.78, 5) is 46.9. The molecule has 2 radical (unpaired) electrons. The van der Waals surface area contributed by atoms with Crippen LogP contribution in [0.3, 0.4) is 0 Å². The Hall–Kier alpha value is -5.19. The number of rotatable bonds is 10. The molecule has 1 saturated carbocycles. The Labute approximate surface area is 315 Å². The average molecular weight is 732 g/mol. The largest absolute Gasteiger partial charge is 0.379 e. The van der Waals surface area contributed by atoms with Gasteiger partial charge in [-0.1, -0.05) is 25.1 Å². The van der Waals surface area contributed by atoms with Crippen molar-refractivity contribution in [1.29, 1.82) is 0 Å². The van der Waals surface area contributed by atoms with Crippen LogP contribution >= 0.6 is 0 Å². The molecule has 280 valence electrons. The maximum absolute atomic E-state index is 12.8. The van der Waals surface area contributed by atoms with Crippen molar-refractivity contribution >= 4 is 48.8 Å². The van der Waals surface area contributed by atoms with Crippen molar-refractivity contribution in [2.45, 2.75) is 56.7 Å². The van der Waals surface area contributed by atoms with Gasteiger partial charge in [0.2, 0.25) is 5.91 Å². The molecule has 3 fully saturated rings. The number of nitrogens with zero attached hydrogens (tertiary/aromatic N) is 8. The van der Waals surface area contributed by atoms with Crippen LogP contribution in [-0.4, -0.2) is 113 Å². The van der Waals surface area contributed by atoms with Gasteiger partial charge in [-0.3, -0.25) is 24.0 Å². The number of para-hydroxylation sites is 1. The van der Waals surface area contributed by atoms with Crippen molar-refractivity contribution in [2.24, 2.45) is 5.92 Å². The van der Waals surface area contributed by atoms with Crippen LogP contribution in [0.15, 0.2) is 48.7 Å². The van der Waals surface area contributed by atoms with Crippen molar-refractivity contribution in [2.75, 3.05) is 62.9 Å². The van der Waals surface area contributed by atoms with E-state index in [4.69, 9.17) is 12.9 Å². The Bertz CT molecular complexity index is 2040. The second kappa shape index (κ2) is 15.3. The molecule has 2 amide bonds. The molecular weight excluding hydrogens is 685 g/mol. The number of pyridine rings is 1. The molecule has 4 N–H and O–H groups in total. The SMILES string of the molecule is CN1CCCC1.[B]C(O)(c1cccc(C=O)n1)N1CC(n2ncc3c2C(CC)N(C)c2c(Nc4cc(NC(=O)C5CC5)nnc4C(=O)NC)cccc2-3)C1. The molecule has 2 atom stereocenters. The van der Waals surface area contributed by atoms with Gasteiger partial charge >= 0.3 is 0 Å². The molecule has 0 spiro atoms. The third kappa shape index (κ3) is 7.20. The number of fused-ring (bicyclic) bond motifs is 3. The van der Waals surface area contributed by atoms with E-state index in [1.54, 1.807) is 29.2 Å². The van der Waals surface area contributed by atoms with Gasteiger partial charge in [0, 0.05) is 50.3 Å². The van der Waals surface area contributed by atoms with Gasteiger partial charge in [0.25, 0.3) is 5.91 Å². The first-order chi connectivity index (χ1) is 26.0. The van der Waals surface area contributed by atoms with Crippen LogP contribution in [0.1, 0.15) is 83.5 Å². The normalized spacial score (nSPS) is 19.4. The Morgan fingerprint density at radius 3 is 2.43 bits per heavy atom. The van der Waals surface area contributed by atoms with Crippen molar-refractivity contribution in [3.63, 3.8) is 0 Å². The van der Waals surface area contributed by atoms with Crippen molar-refractivity contribution in [3.05, 3.63) is 71.4 Å². The molecule has 8 rings (SSSR count). The maximum Gasteiger partial charge on any atom is 0.273 e. The summed E-state index contributed by atoms with van der Waals surface area (Å²) in [6.45, 7) is 5.62. The number of nitrogens with one attached hydrogen (secondary N) is 3. The molecule has 6 heterocycles. The zero-order valence-electron chi connectivity index (χ0n) is 31.1. The van der Waals surface area contributed by atoms with Crippen molar-refractivity contribution in [3.8, 4) is 11.1 Å². The third-order valence-corrected chi connectivity index (χ3v) is 10.7. The fourth-order valence-electron chi connectivity index (χ4n) is 7.45. The number of benzene rings is 1. The van der Waals surface area contributed by atoms with Gasteiger partial charge in [0.05, 0.1) is 46.7 Å². The number of anilines is 4. The Balaban J connectivity index is 0.000000684. The highest BCUT2D eigenvalue weighted by molar-refractivity contribution is 6.14. The third-order valence-electron chi connectivity index (χ3n) is 10.7. The molecule has 3 aromatic heterocycles. The highest BCUT2D eigenvalue weighted by Crippen LogP contribution is 2.50. The molecule has 3 aliphatic heterocycles. The van der Waals surface area contributed by atoms with Crippen molar-refractivity contribution in [1.82, 2.24) is 40.1 Å². The van der Waals surface area contributed by atoms with Crippen LogP contribution in [-0.2, 0) is 10.4 Å². The number of carbonyl (C=O) groups is 3. The first-order valence-corrected chi connectivity index (χ1v) is 18.5. The molecule has 2 unspecified atom stereocenters. The predicted molar refractivity (Wildman–Crippen MR) is 206 cm³/mol. The fraction of sp³-hybridized carbons (Fsp3) is 0.447. The summed E-state index contributed by atoms with van der Waals surface area (Å²) in [5, 5.41) is 33.1. The number of aldehydes is 1. The van der Waals surface area contributed by atoms with Gasteiger partial charge in [0.1, 0.15) is 19.2 Å². The molecule has 4 aromatic rings. The minimum atomic E-state index is -1.84. The number of carbonyl (C=O) groups excluding carboxylic acids is 3. The molecule has 16 heteroatoms. The van der Waals surface area contributed by atoms with Gasteiger partial charge in [-0.2, -0.15) is 5.10 Å². The number of aliphatic hydroxyl groups is 1. The molecule has 1 aromatic carbocycles. The molecular formula is C38H46BN11O4. The summed E-state index contributed by atoms with van der Waals surface area (Å²) in [5.41, 5.74) is 3.73. The molecule has 54 heavy (non-hydrogen) atoms. The van der Waals surface area contributed by atoms with Crippen LogP contribution in [0.2, 0.25) is 0 Å². The van der Waals surface area contributed by atoms with Crippen LogP contribution in [0.5, 0.6) is 0 Å². The lowest BCUT2D eigenvalue weighted by molar-refractivity contribution is -0.117. The van der Waals surface area contributed by atoms with Crippen LogP contribution in [0.25, 0.3) is 11.1 Å². The quantitative estimate of drug-likeness (QED) is 0.139. The number of amides is 2. The second-order valence-corrected chi connectivity index (χ2v) is 14.4. The number of likely N-dealkylation sites (tertiary alicyclic amines) is 2. The van der Waals surface area contributed by atoms with Crippen LogP contribution < -0.4 is 20.9 Å². The summed E-state index contributed by atoms with van der Waals surface area (Å²) >= 11 is 0. The van der Waals surface area contributed by atoms with Gasteiger partial charge < -0.3 is 30.9 Å². The predicted octanol–water partition coefficient (Wildman–Crippen LogP) is 3.44. The first-order valence-electron chi connectivity index (χ1n) is 18.5. The monoisotopic (exact) mass is 731 g/mol. The summed E-state index contributed by atoms with van der Waals surface area (Å²) in [6, 6.07) is 12.3. The van der Waals surface area contributed by atoms with Gasteiger partial charge in [-0.15, -0.1) is 10.2 Å². The topological polar surface area (TPSA) is 174 Å². The first kappa shape index (κ1) is 37.1. The summed E-state index contributed by atoms with van der Waals surface area (Å²) in [6.07, 6.45) is 7.80. The highest BCUT2D eigenvalue weighted by atomic mass is 16.3. The van der Waals surface area contributed by atoms with Gasteiger partial charge in [-0.25, -0.2) is 4.98 Å². The molecule has 0 bridgehead atoms. The van der Waals surface area contributed by atoms with E-state index in [0.717, 1.165) is 47.5 Å². The van der Waals surface area contributed by atoms with E-state index in [1.165, 1.54) is 33.0 Å². The minimum Gasteiger partial charge on any atom is -0.379 e. The zero-order chi connectivity index (χ0) is 38.1. The average Bonchev–Trinajstić information content (AvgIpc) is 3.76. The molecule has 4 aliphatic rings. The lowest BCUT2D eigenvalue weighted by Crippen LogP contribution is -2.59. The second-order valence-electron chi connectivity index (χ2n) is 14.4. The van der Waals surface area contributed by atoms with E-state index in [2.05, 4.69) is 54.9 Å². The molecule has 2 saturated heterocycles. The van der Waals surface area contributed by atoms with E-state index in [-0.39, 0.29) is 46.8 Å². The summed E-state index contributed by atoms with van der Waals surface area (Å²) in [7, 11) is 12.1. The Kier molecular flexibility index (Phi) is 10.5. The molecule has 15 nitrogen and oxygen atoms in total. The van der Waals surface area contributed by atoms with E-state index in [1.807, 2.05) is 36.1 Å². The van der Waals surface area contributed by atoms with Gasteiger partial charge in [0.15, 0.2) is 17.8 Å².